The lowest BCUT2D eigenvalue weighted by Gasteiger charge is -2.08. The zero-order valence-corrected chi connectivity index (χ0v) is 13.4. The fraction of sp³-hybridized carbons (Fsp3) is 0.0556. The smallest absolute Gasteiger partial charge is 0.269 e. The van der Waals surface area contributed by atoms with E-state index >= 15 is 0 Å². The van der Waals surface area contributed by atoms with E-state index in [4.69, 9.17) is 10.00 Å². The Balaban J connectivity index is 1.69. The molecule has 1 N–H and O–H groups in total. The highest BCUT2D eigenvalue weighted by Crippen LogP contribution is 2.26. The van der Waals surface area contributed by atoms with E-state index in [-0.39, 0.29) is 5.91 Å². The Bertz CT molecular complexity index is 885. The first-order valence-corrected chi connectivity index (χ1v) is 8.05. The molecule has 0 spiro atoms. The number of thiophene rings is 1. The molecule has 2 heterocycles. The molecule has 24 heavy (non-hydrogen) atoms. The Labute approximate surface area is 143 Å². The van der Waals surface area contributed by atoms with Crippen LogP contribution in [0.15, 0.2) is 60.2 Å². The molecule has 1 aromatic carbocycles. The average Bonchev–Trinajstić information content (AvgIpc) is 3.10. The molecule has 0 saturated carbocycles. The summed E-state index contributed by atoms with van der Waals surface area (Å²) in [5, 5.41) is 13.5. The van der Waals surface area contributed by atoms with Gasteiger partial charge in [-0.3, -0.25) is 9.78 Å². The normalized spacial score (nSPS) is 9.96. The van der Waals surface area contributed by atoms with Crippen LogP contribution in [-0.2, 0) is 6.61 Å². The van der Waals surface area contributed by atoms with Crippen LogP contribution in [0.25, 0.3) is 0 Å². The van der Waals surface area contributed by atoms with Crippen LogP contribution in [0.3, 0.4) is 0 Å². The predicted octanol–water partition coefficient (Wildman–Crippen LogP) is 3.85. The molecule has 0 aliphatic rings. The van der Waals surface area contributed by atoms with Crippen LogP contribution in [-0.4, -0.2) is 10.9 Å². The van der Waals surface area contributed by atoms with E-state index in [0.717, 1.165) is 5.56 Å². The lowest BCUT2D eigenvalue weighted by atomic mass is 10.1. The number of benzene rings is 1. The van der Waals surface area contributed by atoms with Crippen LogP contribution in [0.4, 0.5) is 5.69 Å². The summed E-state index contributed by atoms with van der Waals surface area (Å²) in [4.78, 5) is 16.8. The summed E-state index contributed by atoms with van der Waals surface area (Å²) in [5.41, 5.74) is 2.08. The van der Waals surface area contributed by atoms with E-state index in [1.54, 1.807) is 54.2 Å². The molecule has 6 heteroatoms. The fourth-order valence-electron chi connectivity index (χ4n) is 2.09. The maximum atomic E-state index is 12.4. The standard InChI is InChI=1S/C18H13N3O2S/c19-10-13-3-1-4-14(9-13)12-23-16-6-8-24-17(16)18(22)21-15-5-2-7-20-11-15/h1-9,11H,12H2,(H,21,22). The van der Waals surface area contributed by atoms with Crippen molar-refractivity contribution >= 4 is 22.9 Å². The highest BCUT2D eigenvalue weighted by molar-refractivity contribution is 7.12. The molecule has 3 aromatic rings. The number of nitrogens with zero attached hydrogens (tertiary/aromatic N) is 2. The Morgan fingerprint density at radius 3 is 3.00 bits per heavy atom. The molecule has 3 rings (SSSR count). The summed E-state index contributed by atoms with van der Waals surface area (Å²) in [6.45, 7) is 0.291. The highest BCUT2D eigenvalue weighted by atomic mass is 32.1. The summed E-state index contributed by atoms with van der Waals surface area (Å²) >= 11 is 1.31. The molecule has 5 nitrogen and oxygen atoms in total. The first kappa shape index (κ1) is 15.7. The zero-order valence-electron chi connectivity index (χ0n) is 12.6. The molecular formula is C18H13N3O2S. The van der Waals surface area contributed by atoms with Gasteiger partial charge in [0.1, 0.15) is 17.2 Å². The van der Waals surface area contributed by atoms with Gasteiger partial charge < -0.3 is 10.1 Å². The van der Waals surface area contributed by atoms with Crippen molar-refractivity contribution < 1.29 is 9.53 Å². The van der Waals surface area contributed by atoms with Gasteiger partial charge in [0.05, 0.1) is 23.5 Å². The van der Waals surface area contributed by atoms with Crippen LogP contribution in [0.5, 0.6) is 5.75 Å². The Hall–Kier alpha value is -3.17. The van der Waals surface area contributed by atoms with Crippen molar-refractivity contribution in [2.75, 3.05) is 5.32 Å². The molecule has 2 aromatic heterocycles. The topological polar surface area (TPSA) is 75.0 Å². The van der Waals surface area contributed by atoms with E-state index < -0.39 is 0 Å². The molecule has 0 radical (unpaired) electrons. The number of nitriles is 1. The van der Waals surface area contributed by atoms with E-state index in [0.29, 0.717) is 28.5 Å². The van der Waals surface area contributed by atoms with Gasteiger partial charge in [-0.25, -0.2) is 0 Å². The third-order valence-corrected chi connectivity index (χ3v) is 4.10. The average molecular weight is 335 g/mol. The van der Waals surface area contributed by atoms with Gasteiger partial charge in [0, 0.05) is 6.20 Å². The van der Waals surface area contributed by atoms with Crippen LogP contribution in [0, 0.1) is 11.3 Å². The van der Waals surface area contributed by atoms with Crippen molar-refractivity contribution in [2.24, 2.45) is 0 Å². The Morgan fingerprint density at radius 2 is 2.21 bits per heavy atom. The van der Waals surface area contributed by atoms with Crippen molar-refractivity contribution in [3.8, 4) is 11.8 Å². The van der Waals surface area contributed by atoms with Gasteiger partial charge in [-0.2, -0.15) is 5.26 Å². The van der Waals surface area contributed by atoms with Gasteiger partial charge in [0.2, 0.25) is 0 Å². The molecule has 0 saturated heterocycles. The second-order valence-corrected chi connectivity index (χ2v) is 5.83. The Morgan fingerprint density at radius 1 is 1.29 bits per heavy atom. The number of aromatic nitrogens is 1. The molecule has 118 valence electrons. The van der Waals surface area contributed by atoms with E-state index in [9.17, 15) is 4.79 Å². The van der Waals surface area contributed by atoms with Crippen LogP contribution >= 0.6 is 11.3 Å². The summed E-state index contributed by atoms with van der Waals surface area (Å²) < 4.78 is 5.75. The third kappa shape index (κ3) is 3.77. The number of ether oxygens (including phenoxy) is 1. The summed E-state index contributed by atoms with van der Waals surface area (Å²) in [6, 6.07) is 14.6. The second kappa shape index (κ2) is 7.40. The number of nitrogens with one attached hydrogen (secondary N) is 1. The van der Waals surface area contributed by atoms with Crippen molar-refractivity contribution in [3.63, 3.8) is 0 Å². The van der Waals surface area contributed by atoms with Gasteiger partial charge in [0.25, 0.3) is 5.91 Å². The van der Waals surface area contributed by atoms with Crippen molar-refractivity contribution in [2.45, 2.75) is 6.61 Å². The van der Waals surface area contributed by atoms with Gasteiger partial charge in [-0.1, -0.05) is 12.1 Å². The predicted molar refractivity (Wildman–Crippen MR) is 92.0 cm³/mol. The van der Waals surface area contributed by atoms with Crippen LogP contribution < -0.4 is 10.1 Å². The van der Waals surface area contributed by atoms with Crippen molar-refractivity contribution in [3.05, 3.63) is 76.2 Å². The van der Waals surface area contributed by atoms with Gasteiger partial charge in [0.15, 0.2) is 0 Å². The van der Waals surface area contributed by atoms with Crippen LogP contribution in [0.1, 0.15) is 20.8 Å². The molecule has 0 aliphatic carbocycles. The van der Waals surface area contributed by atoms with Crippen molar-refractivity contribution in [1.29, 1.82) is 5.26 Å². The summed E-state index contributed by atoms with van der Waals surface area (Å²) in [5.74, 6) is 0.280. The minimum absolute atomic E-state index is 0.237. The van der Waals surface area contributed by atoms with Crippen molar-refractivity contribution in [1.82, 2.24) is 4.98 Å². The van der Waals surface area contributed by atoms with Gasteiger partial charge >= 0.3 is 0 Å². The molecule has 0 fully saturated rings. The maximum absolute atomic E-state index is 12.4. The molecular weight excluding hydrogens is 322 g/mol. The lowest BCUT2D eigenvalue weighted by molar-refractivity contribution is 0.102. The van der Waals surface area contributed by atoms with Crippen LogP contribution in [0.2, 0.25) is 0 Å². The number of amides is 1. The van der Waals surface area contributed by atoms with E-state index in [1.807, 2.05) is 6.07 Å². The summed E-state index contributed by atoms with van der Waals surface area (Å²) in [6.07, 6.45) is 3.23. The first-order valence-electron chi connectivity index (χ1n) is 7.17. The third-order valence-electron chi connectivity index (χ3n) is 3.21. The highest BCUT2D eigenvalue weighted by Gasteiger charge is 2.15. The number of rotatable bonds is 5. The SMILES string of the molecule is N#Cc1cccc(COc2ccsc2C(=O)Nc2cccnc2)c1. The maximum Gasteiger partial charge on any atom is 0.269 e. The quantitative estimate of drug-likeness (QED) is 0.768. The fourth-order valence-corrected chi connectivity index (χ4v) is 2.82. The molecule has 0 atom stereocenters. The second-order valence-electron chi connectivity index (χ2n) is 4.91. The molecule has 1 amide bonds. The number of carbonyl (C=O) groups is 1. The Kier molecular flexibility index (Phi) is 4.84. The molecule has 0 aliphatic heterocycles. The first-order chi connectivity index (χ1) is 11.8. The number of anilines is 1. The number of carbonyl (C=O) groups excluding carboxylic acids is 1. The number of hydrogen-bond acceptors (Lipinski definition) is 5. The number of pyridine rings is 1. The molecule has 0 bridgehead atoms. The van der Waals surface area contributed by atoms with Gasteiger partial charge in [-0.15, -0.1) is 11.3 Å². The monoisotopic (exact) mass is 335 g/mol. The minimum Gasteiger partial charge on any atom is -0.487 e. The minimum atomic E-state index is -0.237. The zero-order chi connectivity index (χ0) is 16.8. The largest absolute Gasteiger partial charge is 0.487 e. The van der Waals surface area contributed by atoms with E-state index in [2.05, 4.69) is 16.4 Å². The number of hydrogen-bond donors (Lipinski definition) is 1. The lowest BCUT2D eigenvalue weighted by Crippen LogP contribution is -2.11. The van der Waals surface area contributed by atoms with E-state index in [1.165, 1.54) is 11.3 Å². The van der Waals surface area contributed by atoms with Gasteiger partial charge in [-0.05, 0) is 41.3 Å². The summed E-state index contributed by atoms with van der Waals surface area (Å²) in [7, 11) is 0. The molecule has 0 unspecified atom stereocenters.